The second kappa shape index (κ2) is 10.1. The van der Waals surface area contributed by atoms with E-state index in [2.05, 4.69) is 75.8 Å². The fourth-order valence-electron chi connectivity index (χ4n) is 3.67. The zero-order valence-corrected chi connectivity index (χ0v) is 19.0. The molecule has 0 spiro atoms. The van der Waals surface area contributed by atoms with E-state index < -0.39 is 0 Å². The molecule has 2 unspecified atom stereocenters. The maximum absolute atomic E-state index is 4.52. The number of likely N-dealkylation sites (tertiary alicyclic amines) is 1. The molecule has 1 aliphatic heterocycles. The Balaban J connectivity index is 0.00000261. The van der Waals surface area contributed by atoms with Gasteiger partial charge < -0.3 is 15.1 Å². The number of nitrogens with zero attached hydrogens (tertiary/aromatic N) is 5. The van der Waals surface area contributed by atoms with Crippen LogP contribution in [0.15, 0.2) is 47.7 Å². The summed E-state index contributed by atoms with van der Waals surface area (Å²) in [6.07, 6.45) is 5.26. The molecule has 2 heterocycles. The number of aliphatic imine (C=N–C) groups is 1. The number of aryl methyl sites for hydroxylation is 1. The van der Waals surface area contributed by atoms with Crippen molar-refractivity contribution >= 4 is 29.9 Å². The van der Waals surface area contributed by atoms with Gasteiger partial charge in [-0.15, -0.1) is 24.0 Å². The minimum atomic E-state index is 0. The lowest BCUT2D eigenvalue weighted by Gasteiger charge is -2.28. The zero-order valence-electron chi connectivity index (χ0n) is 16.7. The maximum atomic E-state index is 4.52. The highest BCUT2D eigenvalue weighted by atomic mass is 127. The number of rotatable bonds is 5. The largest absolute Gasteiger partial charge is 0.354 e. The normalized spacial score (nSPS) is 18.5. The molecule has 2 aromatic rings. The molecule has 3 rings (SSSR count). The number of likely N-dealkylation sites (N-methyl/N-ethyl adjacent to an activating group) is 1. The predicted octanol–water partition coefficient (Wildman–Crippen LogP) is 2.71. The van der Waals surface area contributed by atoms with Gasteiger partial charge in [0.2, 0.25) is 0 Å². The summed E-state index contributed by atoms with van der Waals surface area (Å²) in [5.41, 5.74) is 2.64. The van der Waals surface area contributed by atoms with Gasteiger partial charge >= 0.3 is 0 Å². The minimum absolute atomic E-state index is 0. The van der Waals surface area contributed by atoms with Crippen molar-refractivity contribution in [1.29, 1.82) is 0 Å². The van der Waals surface area contributed by atoms with Crippen LogP contribution in [-0.4, -0.2) is 66.3 Å². The van der Waals surface area contributed by atoms with Gasteiger partial charge in [-0.2, -0.15) is 5.10 Å². The van der Waals surface area contributed by atoms with Crippen LogP contribution in [0, 0.1) is 0 Å². The first-order valence-corrected chi connectivity index (χ1v) is 9.24. The average molecular weight is 482 g/mol. The molecule has 0 aliphatic carbocycles. The fourth-order valence-corrected chi connectivity index (χ4v) is 3.67. The van der Waals surface area contributed by atoms with Crippen molar-refractivity contribution < 1.29 is 0 Å². The number of hydrogen-bond acceptors (Lipinski definition) is 3. The summed E-state index contributed by atoms with van der Waals surface area (Å²) in [4.78, 5) is 9.13. The molecule has 6 nitrogen and oxygen atoms in total. The van der Waals surface area contributed by atoms with E-state index in [-0.39, 0.29) is 24.0 Å². The molecular weight excluding hydrogens is 451 g/mol. The summed E-state index contributed by atoms with van der Waals surface area (Å²) in [7, 11) is 8.08. The Kier molecular flexibility index (Phi) is 8.09. The molecule has 0 radical (unpaired) electrons. The van der Waals surface area contributed by atoms with Gasteiger partial charge in [-0.1, -0.05) is 30.3 Å². The van der Waals surface area contributed by atoms with Gasteiger partial charge in [0, 0.05) is 45.8 Å². The molecule has 1 N–H and O–H groups in total. The second-order valence-electron chi connectivity index (χ2n) is 7.20. The third-order valence-corrected chi connectivity index (χ3v) is 5.16. The fraction of sp³-hybridized carbons (Fsp3) is 0.500. The lowest BCUT2D eigenvalue weighted by Crippen LogP contribution is -2.43. The molecule has 0 amide bonds. The van der Waals surface area contributed by atoms with E-state index >= 15 is 0 Å². The highest BCUT2D eigenvalue weighted by Crippen LogP contribution is 2.26. The third-order valence-electron chi connectivity index (χ3n) is 5.16. The topological polar surface area (TPSA) is 48.7 Å². The van der Waals surface area contributed by atoms with Gasteiger partial charge in [0.25, 0.3) is 0 Å². The van der Waals surface area contributed by atoms with E-state index in [0.717, 1.165) is 32.0 Å². The maximum Gasteiger partial charge on any atom is 0.193 e. The van der Waals surface area contributed by atoms with Crippen molar-refractivity contribution in [3.05, 3.63) is 53.9 Å². The number of aromatic nitrogens is 2. The Morgan fingerprint density at radius 1 is 1.33 bits per heavy atom. The molecule has 0 saturated carbocycles. The molecule has 0 bridgehead atoms. The van der Waals surface area contributed by atoms with E-state index in [1.807, 2.05) is 25.0 Å². The SMILES string of the molecule is CN=C(NCC(c1ccccc1)N(C)C)N1CCC(c2cnn(C)c2)C1.I. The second-order valence-corrected chi connectivity index (χ2v) is 7.20. The number of benzene rings is 1. The molecule has 7 heteroatoms. The summed E-state index contributed by atoms with van der Waals surface area (Å²) in [6, 6.07) is 10.9. The monoisotopic (exact) mass is 482 g/mol. The summed E-state index contributed by atoms with van der Waals surface area (Å²) < 4.78 is 1.88. The summed E-state index contributed by atoms with van der Waals surface area (Å²) in [5.74, 6) is 1.51. The van der Waals surface area contributed by atoms with E-state index in [1.165, 1.54) is 11.1 Å². The molecule has 1 aliphatic rings. The Morgan fingerprint density at radius 2 is 2.07 bits per heavy atom. The van der Waals surface area contributed by atoms with Crippen LogP contribution in [0.1, 0.15) is 29.5 Å². The standard InChI is InChI=1S/C20H30N6.HI/c1-21-20(22-13-19(24(2)3)16-8-6-5-7-9-16)26-11-10-17(15-26)18-12-23-25(4)14-18;/h5-9,12,14,17,19H,10-11,13,15H2,1-4H3,(H,21,22);1H. The Labute approximate surface area is 179 Å². The Morgan fingerprint density at radius 3 is 2.67 bits per heavy atom. The number of guanidine groups is 1. The van der Waals surface area contributed by atoms with Crippen LogP contribution in [0.3, 0.4) is 0 Å². The van der Waals surface area contributed by atoms with E-state index in [0.29, 0.717) is 12.0 Å². The third kappa shape index (κ3) is 5.44. The summed E-state index contributed by atoms with van der Waals surface area (Å²) >= 11 is 0. The van der Waals surface area contributed by atoms with Crippen molar-refractivity contribution in [3.63, 3.8) is 0 Å². The number of halogens is 1. The molecule has 27 heavy (non-hydrogen) atoms. The predicted molar refractivity (Wildman–Crippen MR) is 122 cm³/mol. The van der Waals surface area contributed by atoms with Gasteiger partial charge in [0.15, 0.2) is 5.96 Å². The van der Waals surface area contributed by atoms with Crippen LogP contribution in [0.25, 0.3) is 0 Å². The van der Waals surface area contributed by atoms with Crippen molar-refractivity contribution in [2.75, 3.05) is 40.8 Å². The van der Waals surface area contributed by atoms with Crippen LogP contribution >= 0.6 is 24.0 Å². The van der Waals surface area contributed by atoms with Crippen LogP contribution in [0.5, 0.6) is 0 Å². The summed E-state index contributed by atoms with van der Waals surface area (Å²) in [6.45, 7) is 2.85. The molecule has 2 atom stereocenters. The smallest absolute Gasteiger partial charge is 0.193 e. The van der Waals surface area contributed by atoms with Crippen molar-refractivity contribution in [1.82, 2.24) is 24.9 Å². The Hall–Kier alpha value is -1.61. The lowest BCUT2D eigenvalue weighted by molar-refractivity contribution is 0.295. The Bertz CT molecular complexity index is 727. The van der Waals surface area contributed by atoms with E-state index in [4.69, 9.17) is 0 Å². The minimum Gasteiger partial charge on any atom is -0.354 e. The molecule has 1 fully saturated rings. The van der Waals surface area contributed by atoms with Crippen molar-refractivity contribution in [3.8, 4) is 0 Å². The number of nitrogens with one attached hydrogen (secondary N) is 1. The number of hydrogen-bond donors (Lipinski definition) is 1. The van der Waals surface area contributed by atoms with Crippen LogP contribution in [-0.2, 0) is 7.05 Å². The first kappa shape index (κ1) is 21.7. The van der Waals surface area contributed by atoms with Gasteiger partial charge in [-0.05, 0) is 31.6 Å². The van der Waals surface area contributed by atoms with Crippen LogP contribution in [0.2, 0.25) is 0 Å². The summed E-state index contributed by atoms with van der Waals surface area (Å²) in [5, 5.41) is 7.89. The van der Waals surface area contributed by atoms with Gasteiger partial charge in [0.1, 0.15) is 0 Å². The zero-order chi connectivity index (χ0) is 18.5. The molecule has 1 aromatic carbocycles. The highest BCUT2D eigenvalue weighted by Gasteiger charge is 2.27. The van der Waals surface area contributed by atoms with Crippen LogP contribution < -0.4 is 5.32 Å². The lowest BCUT2D eigenvalue weighted by atomic mass is 10.0. The van der Waals surface area contributed by atoms with Gasteiger partial charge in [0.05, 0.1) is 12.2 Å². The average Bonchev–Trinajstić information content (AvgIpc) is 3.28. The molecule has 1 aromatic heterocycles. The molecule has 1 saturated heterocycles. The highest BCUT2D eigenvalue weighted by molar-refractivity contribution is 14.0. The quantitative estimate of drug-likeness (QED) is 0.405. The first-order chi connectivity index (χ1) is 12.6. The van der Waals surface area contributed by atoms with Crippen LogP contribution in [0.4, 0.5) is 0 Å². The van der Waals surface area contributed by atoms with Gasteiger partial charge in [-0.3, -0.25) is 9.67 Å². The van der Waals surface area contributed by atoms with E-state index in [1.54, 1.807) is 0 Å². The molecule has 148 valence electrons. The molecular formula is C20H31IN6. The van der Waals surface area contributed by atoms with E-state index in [9.17, 15) is 0 Å². The first-order valence-electron chi connectivity index (χ1n) is 9.24. The van der Waals surface area contributed by atoms with Crippen molar-refractivity contribution in [2.24, 2.45) is 12.0 Å². The van der Waals surface area contributed by atoms with Gasteiger partial charge in [-0.25, -0.2) is 0 Å². The van der Waals surface area contributed by atoms with Crippen molar-refractivity contribution in [2.45, 2.75) is 18.4 Å².